The van der Waals surface area contributed by atoms with Crippen molar-refractivity contribution in [2.45, 2.75) is 19.0 Å². The van der Waals surface area contributed by atoms with Gasteiger partial charge in [-0.3, -0.25) is 0 Å². The third-order valence-electron chi connectivity index (χ3n) is 2.83. The molecule has 0 fully saturated rings. The fourth-order valence-corrected chi connectivity index (χ4v) is 3.35. The quantitative estimate of drug-likeness (QED) is 0.867. The summed E-state index contributed by atoms with van der Waals surface area (Å²) >= 11 is 5.24. The number of nitrogens with two attached hydrogens (primary N) is 1. The summed E-state index contributed by atoms with van der Waals surface area (Å²) in [5.41, 5.74) is 7.23. The van der Waals surface area contributed by atoms with Crippen LogP contribution in [0.2, 0.25) is 0 Å². The zero-order valence-corrected chi connectivity index (χ0v) is 11.8. The zero-order valence-electron chi connectivity index (χ0n) is 9.40. The zero-order chi connectivity index (χ0) is 11.5. The van der Waals surface area contributed by atoms with E-state index in [-0.39, 0.29) is 6.04 Å². The SMILES string of the molecule is CN(Cc1csc(Br)c1)CC1C=CC(N)C1. The molecule has 0 spiro atoms. The monoisotopic (exact) mass is 300 g/mol. The molecule has 1 aliphatic rings. The Balaban J connectivity index is 1.80. The summed E-state index contributed by atoms with van der Waals surface area (Å²) in [5.74, 6) is 0.627. The minimum Gasteiger partial charge on any atom is -0.324 e. The highest BCUT2D eigenvalue weighted by Gasteiger charge is 2.17. The van der Waals surface area contributed by atoms with Crippen molar-refractivity contribution >= 4 is 27.3 Å². The maximum atomic E-state index is 5.85. The van der Waals surface area contributed by atoms with Crippen LogP contribution in [-0.2, 0) is 6.54 Å². The first kappa shape index (κ1) is 12.3. The molecule has 4 heteroatoms. The molecule has 0 aliphatic heterocycles. The van der Waals surface area contributed by atoms with E-state index >= 15 is 0 Å². The van der Waals surface area contributed by atoms with Crippen LogP contribution < -0.4 is 5.73 Å². The molecule has 2 N–H and O–H groups in total. The molecule has 0 saturated carbocycles. The lowest BCUT2D eigenvalue weighted by Crippen LogP contribution is -2.25. The second-order valence-electron chi connectivity index (χ2n) is 4.50. The highest BCUT2D eigenvalue weighted by Crippen LogP contribution is 2.22. The number of hydrogen-bond donors (Lipinski definition) is 1. The Kier molecular flexibility index (Phi) is 4.19. The van der Waals surface area contributed by atoms with Gasteiger partial charge in [-0.05, 0) is 52.3 Å². The van der Waals surface area contributed by atoms with Gasteiger partial charge in [-0.25, -0.2) is 0 Å². The Labute approximate surface area is 109 Å². The van der Waals surface area contributed by atoms with Gasteiger partial charge < -0.3 is 10.6 Å². The van der Waals surface area contributed by atoms with Gasteiger partial charge in [0, 0.05) is 19.1 Å². The van der Waals surface area contributed by atoms with E-state index in [1.165, 1.54) is 9.35 Å². The standard InChI is InChI=1S/C12H17BrN2S/c1-15(6-9-2-3-11(14)4-9)7-10-5-12(13)16-8-10/h2-3,5,8-9,11H,4,6-7,14H2,1H3. The minimum absolute atomic E-state index is 0.272. The van der Waals surface area contributed by atoms with Crippen LogP contribution in [0.1, 0.15) is 12.0 Å². The first-order chi connectivity index (χ1) is 7.63. The lowest BCUT2D eigenvalue weighted by atomic mass is 10.1. The number of rotatable bonds is 4. The van der Waals surface area contributed by atoms with Crippen molar-refractivity contribution in [1.29, 1.82) is 0 Å². The molecule has 1 aliphatic carbocycles. The second kappa shape index (κ2) is 5.45. The van der Waals surface area contributed by atoms with Gasteiger partial charge in [-0.2, -0.15) is 0 Å². The first-order valence-electron chi connectivity index (χ1n) is 5.49. The van der Waals surface area contributed by atoms with Crippen molar-refractivity contribution in [2.24, 2.45) is 11.7 Å². The summed E-state index contributed by atoms with van der Waals surface area (Å²) in [6.45, 7) is 2.11. The molecule has 0 amide bonds. The van der Waals surface area contributed by atoms with Gasteiger partial charge in [0.25, 0.3) is 0 Å². The Morgan fingerprint density at radius 3 is 2.94 bits per heavy atom. The third-order valence-corrected chi connectivity index (χ3v) is 4.38. The van der Waals surface area contributed by atoms with Crippen molar-refractivity contribution in [2.75, 3.05) is 13.6 Å². The maximum Gasteiger partial charge on any atom is 0.0701 e. The Hall–Kier alpha value is -0.160. The van der Waals surface area contributed by atoms with Crippen LogP contribution >= 0.6 is 27.3 Å². The predicted octanol–water partition coefficient (Wildman–Crippen LogP) is 2.85. The average molecular weight is 301 g/mol. The van der Waals surface area contributed by atoms with Crippen LogP contribution in [0.15, 0.2) is 27.4 Å². The van der Waals surface area contributed by atoms with E-state index in [2.05, 4.69) is 51.5 Å². The lowest BCUT2D eigenvalue weighted by molar-refractivity contribution is 0.289. The number of halogens is 1. The average Bonchev–Trinajstić information content (AvgIpc) is 2.76. The van der Waals surface area contributed by atoms with Crippen molar-refractivity contribution in [3.8, 4) is 0 Å². The van der Waals surface area contributed by atoms with Crippen molar-refractivity contribution in [3.63, 3.8) is 0 Å². The minimum atomic E-state index is 0.272. The van der Waals surface area contributed by atoms with Gasteiger partial charge in [0.1, 0.15) is 0 Å². The molecular weight excluding hydrogens is 284 g/mol. The highest BCUT2D eigenvalue weighted by molar-refractivity contribution is 9.11. The first-order valence-corrected chi connectivity index (χ1v) is 7.16. The van der Waals surface area contributed by atoms with Gasteiger partial charge in [-0.1, -0.05) is 12.2 Å². The molecule has 88 valence electrons. The highest BCUT2D eigenvalue weighted by atomic mass is 79.9. The molecule has 1 aromatic heterocycles. The fourth-order valence-electron chi connectivity index (χ4n) is 2.15. The normalized spacial score (nSPS) is 24.5. The lowest BCUT2D eigenvalue weighted by Gasteiger charge is -2.19. The second-order valence-corrected chi connectivity index (χ2v) is 6.79. The Morgan fingerprint density at radius 1 is 1.56 bits per heavy atom. The molecule has 2 nitrogen and oxygen atoms in total. The molecule has 1 heterocycles. The van der Waals surface area contributed by atoms with Crippen LogP contribution in [0.5, 0.6) is 0 Å². The van der Waals surface area contributed by atoms with E-state index in [1.54, 1.807) is 11.3 Å². The summed E-state index contributed by atoms with van der Waals surface area (Å²) < 4.78 is 1.21. The Bertz CT molecular complexity index is 375. The van der Waals surface area contributed by atoms with Crippen molar-refractivity contribution < 1.29 is 0 Å². The molecule has 0 aromatic carbocycles. The Morgan fingerprint density at radius 2 is 2.38 bits per heavy atom. The summed E-state index contributed by atoms with van der Waals surface area (Å²) in [4.78, 5) is 2.36. The van der Waals surface area contributed by atoms with Gasteiger partial charge in [-0.15, -0.1) is 11.3 Å². The molecule has 2 atom stereocenters. The molecular formula is C12H17BrN2S. The van der Waals surface area contributed by atoms with Crippen LogP contribution in [-0.4, -0.2) is 24.5 Å². The van der Waals surface area contributed by atoms with E-state index in [1.807, 2.05) is 0 Å². The molecule has 0 radical (unpaired) electrons. The van der Waals surface area contributed by atoms with E-state index < -0.39 is 0 Å². The smallest absolute Gasteiger partial charge is 0.0701 e. The largest absolute Gasteiger partial charge is 0.324 e. The van der Waals surface area contributed by atoms with Crippen molar-refractivity contribution in [3.05, 3.63) is 32.9 Å². The summed E-state index contributed by atoms with van der Waals surface area (Å²) in [6.07, 6.45) is 5.47. The van der Waals surface area contributed by atoms with Gasteiger partial charge in [0.2, 0.25) is 0 Å². The van der Waals surface area contributed by atoms with Crippen LogP contribution in [0, 0.1) is 5.92 Å². The molecule has 2 rings (SSSR count). The topological polar surface area (TPSA) is 29.3 Å². The summed E-state index contributed by atoms with van der Waals surface area (Å²) in [5, 5.41) is 2.21. The molecule has 1 aromatic rings. The van der Waals surface area contributed by atoms with Crippen LogP contribution in [0.25, 0.3) is 0 Å². The van der Waals surface area contributed by atoms with Crippen molar-refractivity contribution in [1.82, 2.24) is 4.90 Å². The van der Waals surface area contributed by atoms with Gasteiger partial charge in [0.15, 0.2) is 0 Å². The van der Waals surface area contributed by atoms with Crippen LogP contribution in [0.3, 0.4) is 0 Å². The number of hydrogen-bond acceptors (Lipinski definition) is 3. The van der Waals surface area contributed by atoms with E-state index in [4.69, 9.17) is 5.73 Å². The van der Waals surface area contributed by atoms with Gasteiger partial charge >= 0.3 is 0 Å². The third kappa shape index (κ3) is 3.42. The van der Waals surface area contributed by atoms with Gasteiger partial charge in [0.05, 0.1) is 3.79 Å². The van der Waals surface area contributed by atoms with E-state index in [0.29, 0.717) is 5.92 Å². The molecule has 0 saturated heterocycles. The summed E-state index contributed by atoms with van der Waals surface area (Å²) in [7, 11) is 2.17. The number of thiophene rings is 1. The van der Waals surface area contributed by atoms with E-state index in [9.17, 15) is 0 Å². The molecule has 2 unspecified atom stereocenters. The molecule has 16 heavy (non-hydrogen) atoms. The molecule has 0 bridgehead atoms. The summed E-state index contributed by atoms with van der Waals surface area (Å²) in [6, 6.07) is 2.46. The maximum absolute atomic E-state index is 5.85. The fraction of sp³-hybridized carbons (Fsp3) is 0.500. The predicted molar refractivity (Wildman–Crippen MR) is 73.6 cm³/mol. The van der Waals surface area contributed by atoms with E-state index in [0.717, 1.165) is 19.5 Å². The van der Waals surface area contributed by atoms with Crippen LogP contribution in [0.4, 0.5) is 0 Å². The number of nitrogens with zero attached hydrogens (tertiary/aromatic N) is 1.